The van der Waals surface area contributed by atoms with Gasteiger partial charge in [0, 0.05) is 6.04 Å². The summed E-state index contributed by atoms with van der Waals surface area (Å²) < 4.78 is 0. The number of H-pyrrole nitrogens is 1. The topological polar surface area (TPSA) is 99.2 Å². The fourth-order valence-corrected chi connectivity index (χ4v) is 3.60. The molecule has 20 heavy (non-hydrogen) atoms. The summed E-state index contributed by atoms with van der Waals surface area (Å²) in [6.07, 6.45) is 6.97. The van der Waals surface area contributed by atoms with Crippen molar-refractivity contribution in [2.24, 2.45) is 5.92 Å². The summed E-state index contributed by atoms with van der Waals surface area (Å²) in [5.74, 6) is -0.816. The Morgan fingerprint density at radius 2 is 2.05 bits per heavy atom. The molecule has 3 atom stereocenters. The first-order valence-corrected chi connectivity index (χ1v) is 7.09. The van der Waals surface area contributed by atoms with Crippen molar-refractivity contribution in [1.82, 2.24) is 20.3 Å². The van der Waals surface area contributed by atoms with Crippen LogP contribution in [0, 0.1) is 5.92 Å². The molecule has 3 unspecified atom stereocenters. The van der Waals surface area contributed by atoms with Gasteiger partial charge < -0.3 is 10.0 Å². The number of hydrogen-bond donors (Lipinski definition) is 2. The van der Waals surface area contributed by atoms with Crippen molar-refractivity contribution in [3.8, 4) is 0 Å². The van der Waals surface area contributed by atoms with E-state index in [0.29, 0.717) is 12.3 Å². The average Bonchev–Trinajstić information content (AvgIpc) is 2.99. The molecule has 7 nitrogen and oxygen atoms in total. The maximum Gasteiger partial charge on any atom is 0.326 e. The molecule has 1 aliphatic heterocycles. The molecule has 7 heteroatoms. The number of likely N-dealkylation sites (tertiary alicyclic amines) is 1. The number of fused-ring (bicyclic) bond motifs is 1. The van der Waals surface area contributed by atoms with Gasteiger partial charge in [-0.25, -0.2) is 4.79 Å². The van der Waals surface area contributed by atoms with Crippen molar-refractivity contribution >= 4 is 11.9 Å². The smallest absolute Gasteiger partial charge is 0.326 e. The molecule has 2 N–H and O–H groups in total. The first-order chi connectivity index (χ1) is 9.68. The van der Waals surface area contributed by atoms with E-state index in [0.717, 1.165) is 25.7 Å². The Morgan fingerprint density at radius 1 is 1.25 bits per heavy atom. The summed E-state index contributed by atoms with van der Waals surface area (Å²) >= 11 is 0. The number of carbonyl (C=O) groups is 2. The number of rotatable bonds is 2. The van der Waals surface area contributed by atoms with Gasteiger partial charge in [0.05, 0.1) is 6.20 Å². The second-order valence-electron chi connectivity index (χ2n) is 5.61. The Morgan fingerprint density at radius 3 is 2.75 bits per heavy atom. The quantitative estimate of drug-likeness (QED) is 0.842. The van der Waals surface area contributed by atoms with Crippen LogP contribution in [0.1, 0.15) is 49.0 Å². The zero-order chi connectivity index (χ0) is 14.1. The van der Waals surface area contributed by atoms with E-state index in [9.17, 15) is 14.7 Å². The van der Waals surface area contributed by atoms with E-state index in [1.807, 2.05) is 0 Å². The van der Waals surface area contributed by atoms with Crippen LogP contribution in [-0.2, 0) is 4.79 Å². The molecule has 2 fully saturated rings. The highest BCUT2D eigenvalue weighted by Crippen LogP contribution is 2.38. The van der Waals surface area contributed by atoms with Gasteiger partial charge in [0.15, 0.2) is 5.69 Å². The largest absolute Gasteiger partial charge is 0.480 e. The third-order valence-corrected chi connectivity index (χ3v) is 4.53. The van der Waals surface area contributed by atoms with Crippen molar-refractivity contribution < 1.29 is 14.7 Å². The van der Waals surface area contributed by atoms with Crippen LogP contribution in [-0.4, -0.2) is 49.4 Å². The van der Waals surface area contributed by atoms with Crippen LogP contribution < -0.4 is 0 Å². The minimum atomic E-state index is -0.925. The number of aromatic amines is 1. The van der Waals surface area contributed by atoms with Crippen LogP contribution in [0.5, 0.6) is 0 Å². The van der Waals surface area contributed by atoms with Gasteiger partial charge in [-0.05, 0) is 31.6 Å². The van der Waals surface area contributed by atoms with Gasteiger partial charge in [-0.15, -0.1) is 0 Å². The normalized spacial score (nSPS) is 29.8. The standard InChI is InChI=1S/C13H18N4O3/c18-12(9-7-14-16-15-9)17-10-4-2-1-3-8(10)5-6-11(17)13(19)20/h7-8,10-11H,1-6H2,(H,19,20)(H,14,15,16). The summed E-state index contributed by atoms with van der Waals surface area (Å²) in [4.78, 5) is 25.6. The highest BCUT2D eigenvalue weighted by Gasteiger charge is 2.44. The van der Waals surface area contributed by atoms with Crippen molar-refractivity contribution in [3.63, 3.8) is 0 Å². The average molecular weight is 278 g/mol. The summed E-state index contributed by atoms with van der Waals surface area (Å²) in [5.41, 5.74) is 0.197. The molecular weight excluding hydrogens is 260 g/mol. The molecule has 1 aliphatic carbocycles. The third-order valence-electron chi connectivity index (χ3n) is 4.53. The molecule has 1 aromatic rings. The SMILES string of the molecule is O=C(O)C1CCC2CCCCC2N1C(=O)c1cn[nH]n1. The van der Waals surface area contributed by atoms with Crippen molar-refractivity contribution in [1.29, 1.82) is 0 Å². The van der Waals surface area contributed by atoms with Gasteiger partial charge in [0.1, 0.15) is 6.04 Å². The summed E-state index contributed by atoms with van der Waals surface area (Å²) in [6, 6.07) is -0.707. The summed E-state index contributed by atoms with van der Waals surface area (Å²) in [7, 11) is 0. The van der Waals surface area contributed by atoms with Crippen LogP contribution in [0.25, 0.3) is 0 Å². The van der Waals surface area contributed by atoms with E-state index in [1.54, 1.807) is 4.90 Å². The molecule has 0 bridgehead atoms. The number of hydrogen-bond acceptors (Lipinski definition) is 4. The van der Waals surface area contributed by atoms with Crippen molar-refractivity contribution in [2.75, 3.05) is 0 Å². The number of aromatic nitrogens is 3. The fraction of sp³-hybridized carbons (Fsp3) is 0.692. The molecule has 2 heterocycles. The number of nitrogens with one attached hydrogen (secondary N) is 1. The van der Waals surface area contributed by atoms with Crippen LogP contribution in [0.3, 0.4) is 0 Å². The zero-order valence-electron chi connectivity index (χ0n) is 11.2. The van der Waals surface area contributed by atoms with E-state index < -0.39 is 12.0 Å². The minimum Gasteiger partial charge on any atom is -0.480 e. The van der Waals surface area contributed by atoms with Crippen LogP contribution in [0.15, 0.2) is 6.20 Å². The molecule has 1 amide bonds. The predicted octanol–water partition coefficient (Wildman–Crippen LogP) is 1.05. The molecular formula is C13H18N4O3. The summed E-state index contributed by atoms with van der Waals surface area (Å²) in [6.45, 7) is 0. The zero-order valence-corrected chi connectivity index (χ0v) is 11.2. The highest BCUT2D eigenvalue weighted by atomic mass is 16.4. The van der Waals surface area contributed by atoms with E-state index in [4.69, 9.17) is 0 Å². The lowest BCUT2D eigenvalue weighted by Gasteiger charge is -2.46. The van der Waals surface area contributed by atoms with Crippen LogP contribution >= 0.6 is 0 Å². The molecule has 2 aliphatic rings. The number of carboxylic acid groups (broad SMARTS) is 1. The molecule has 0 radical (unpaired) electrons. The lowest BCUT2D eigenvalue weighted by molar-refractivity contribution is -0.146. The predicted molar refractivity (Wildman–Crippen MR) is 69.0 cm³/mol. The van der Waals surface area contributed by atoms with Crippen molar-refractivity contribution in [2.45, 2.75) is 50.6 Å². The van der Waals surface area contributed by atoms with E-state index in [-0.39, 0.29) is 17.6 Å². The second-order valence-corrected chi connectivity index (χ2v) is 5.61. The monoisotopic (exact) mass is 278 g/mol. The van der Waals surface area contributed by atoms with E-state index in [2.05, 4.69) is 15.4 Å². The van der Waals surface area contributed by atoms with E-state index in [1.165, 1.54) is 12.6 Å². The fourth-order valence-electron chi connectivity index (χ4n) is 3.60. The van der Waals surface area contributed by atoms with Gasteiger partial charge in [0.2, 0.25) is 0 Å². The van der Waals surface area contributed by atoms with E-state index >= 15 is 0 Å². The number of piperidine rings is 1. The lowest BCUT2D eigenvalue weighted by atomic mass is 9.76. The minimum absolute atomic E-state index is 0.0304. The second kappa shape index (κ2) is 5.22. The van der Waals surface area contributed by atoms with Crippen LogP contribution in [0.2, 0.25) is 0 Å². The Bertz CT molecular complexity index is 502. The number of amides is 1. The molecule has 1 saturated carbocycles. The molecule has 1 aromatic heterocycles. The molecule has 108 valence electrons. The Balaban J connectivity index is 1.91. The Labute approximate surface area is 116 Å². The number of nitrogens with zero attached hydrogens (tertiary/aromatic N) is 3. The van der Waals surface area contributed by atoms with Gasteiger partial charge in [-0.3, -0.25) is 4.79 Å². The summed E-state index contributed by atoms with van der Waals surface area (Å²) in [5, 5.41) is 19.3. The molecule has 0 spiro atoms. The lowest BCUT2D eigenvalue weighted by Crippen LogP contribution is -2.57. The first kappa shape index (κ1) is 13.1. The Hall–Kier alpha value is -1.92. The third kappa shape index (κ3) is 2.17. The molecule has 1 saturated heterocycles. The first-order valence-electron chi connectivity index (χ1n) is 7.09. The number of carbonyl (C=O) groups excluding carboxylic acids is 1. The number of carboxylic acids is 1. The van der Waals surface area contributed by atoms with Crippen LogP contribution in [0.4, 0.5) is 0 Å². The van der Waals surface area contributed by atoms with Crippen molar-refractivity contribution in [3.05, 3.63) is 11.9 Å². The number of aliphatic carboxylic acids is 1. The highest BCUT2D eigenvalue weighted by molar-refractivity contribution is 5.95. The molecule has 0 aromatic carbocycles. The van der Waals surface area contributed by atoms with Gasteiger partial charge in [-0.1, -0.05) is 12.8 Å². The Kier molecular flexibility index (Phi) is 3.42. The van der Waals surface area contributed by atoms with Gasteiger partial charge in [-0.2, -0.15) is 15.4 Å². The maximum atomic E-state index is 12.6. The van der Waals surface area contributed by atoms with Gasteiger partial charge in [0.25, 0.3) is 5.91 Å². The van der Waals surface area contributed by atoms with Gasteiger partial charge >= 0.3 is 5.97 Å². The maximum absolute atomic E-state index is 12.6. The molecule has 3 rings (SSSR count).